The summed E-state index contributed by atoms with van der Waals surface area (Å²) in [5, 5.41) is 0.580. The molecule has 1 aromatic carbocycles. The molecule has 2 aliphatic heterocycles. The maximum Gasteiger partial charge on any atom is 0.325 e. The summed E-state index contributed by atoms with van der Waals surface area (Å²) in [5.74, 6) is 0.519. The first kappa shape index (κ1) is 19.5. The van der Waals surface area contributed by atoms with Gasteiger partial charge in [-0.05, 0) is 31.2 Å². The monoisotopic (exact) mass is 414 g/mol. The molecule has 0 saturated carbocycles. The summed E-state index contributed by atoms with van der Waals surface area (Å²) in [5.41, 5.74) is 1.64. The summed E-state index contributed by atoms with van der Waals surface area (Å²) >= 11 is 6.03. The van der Waals surface area contributed by atoms with Crippen LogP contribution in [0, 0.1) is 6.92 Å². The van der Waals surface area contributed by atoms with Crippen molar-refractivity contribution in [3.63, 3.8) is 0 Å². The first-order valence-corrected chi connectivity index (χ1v) is 10.1. The summed E-state index contributed by atoms with van der Waals surface area (Å²) in [6.45, 7) is 4.17. The average Bonchev–Trinajstić information content (AvgIpc) is 3.29. The number of aromatic nitrogens is 1. The van der Waals surface area contributed by atoms with Gasteiger partial charge in [-0.3, -0.25) is 9.69 Å². The van der Waals surface area contributed by atoms with E-state index in [4.69, 9.17) is 16.3 Å². The zero-order valence-electron chi connectivity index (χ0n) is 16.3. The van der Waals surface area contributed by atoms with E-state index in [-0.39, 0.29) is 24.6 Å². The molecule has 0 aliphatic carbocycles. The molecule has 0 spiro atoms. The second-order valence-electron chi connectivity index (χ2n) is 7.32. The number of benzene rings is 1. The number of urea groups is 1. The van der Waals surface area contributed by atoms with Crippen LogP contribution in [-0.4, -0.2) is 65.5 Å². The number of carbonyl (C=O) groups is 2. The molecule has 0 radical (unpaired) electrons. The molecule has 3 heterocycles. The molecule has 2 aromatic rings. The van der Waals surface area contributed by atoms with Gasteiger partial charge in [0.1, 0.15) is 12.6 Å². The Labute approximate surface area is 174 Å². The highest BCUT2D eigenvalue weighted by molar-refractivity contribution is 6.30. The maximum absolute atomic E-state index is 12.7. The lowest BCUT2D eigenvalue weighted by atomic mass is 10.3. The van der Waals surface area contributed by atoms with Gasteiger partial charge in [0.15, 0.2) is 0 Å². The van der Waals surface area contributed by atoms with Gasteiger partial charge in [-0.15, -0.1) is 0 Å². The number of ether oxygens (including phenoxy) is 1. The van der Waals surface area contributed by atoms with Gasteiger partial charge in [-0.2, -0.15) is 0 Å². The summed E-state index contributed by atoms with van der Waals surface area (Å²) in [6, 6.07) is 12.7. The number of halogens is 1. The zero-order chi connectivity index (χ0) is 20.4. The van der Waals surface area contributed by atoms with E-state index >= 15 is 0 Å². The van der Waals surface area contributed by atoms with Gasteiger partial charge in [0.25, 0.3) is 0 Å². The van der Waals surface area contributed by atoms with Crippen molar-refractivity contribution in [2.75, 3.05) is 37.6 Å². The van der Waals surface area contributed by atoms with Crippen LogP contribution < -0.4 is 9.64 Å². The lowest BCUT2D eigenvalue weighted by Crippen LogP contribution is -2.42. The third-order valence-corrected chi connectivity index (χ3v) is 5.42. The second kappa shape index (κ2) is 8.29. The second-order valence-corrected chi connectivity index (χ2v) is 7.76. The third kappa shape index (κ3) is 4.45. The largest absolute Gasteiger partial charge is 0.472 e. The van der Waals surface area contributed by atoms with E-state index in [9.17, 15) is 9.59 Å². The summed E-state index contributed by atoms with van der Waals surface area (Å²) in [6.07, 6.45) is 0.676. The van der Waals surface area contributed by atoms with E-state index in [1.807, 2.05) is 37.3 Å². The van der Waals surface area contributed by atoms with Crippen molar-refractivity contribution in [2.45, 2.75) is 19.4 Å². The highest BCUT2D eigenvalue weighted by Gasteiger charge is 2.34. The van der Waals surface area contributed by atoms with Gasteiger partial charge in [0.05, 0.1) is 6.54 Å². The molecule has 8 heteroatoms. The standard InChI is InChI=1S/C21H23ClN4O3/c1-15-4-2-7-19(23-15)29-18-8-9-24(13-18)20(27)14-25-10-11-26(21(25)28)17-6-3-5-16(22)12-17/h2-7,12,18H,8-11,13-14H2,1H3. The smallest absolute Gasteiger partial charge is 0.325 e. The number of carbonyl (C=O) groups excluding carboxylic acids is 2. The number of amides is 3. The van der Waals surface area contributed by atoms with Crippen LogP contribution in [0.15, 0.2) is 42.5 Å². The van der Waals surface area contributed by atoms with Gasteiger partial charge in [-0.25, -0.2) is 9.78 Å². The Bertz CT molecular complexity index is 922. The minimum Gasteiger partial charge on any atom is -0.472 e. The Kier molecular flexibility index (Phi) is 5.58. The van der Waals surface area contributed by atoms with E-state index in [1.54, 1.807) is 26.8 Å². The van der Waals surface area contributed by atoms with E-state index in [2.05, 4.69) is 4.98 Å². The van der Waals surface area contributed by atoms with Crippen LogP contribution in [-0.2, 0) is 4.79 Å². The highest BCUT2D eigenvalue weighted by atomic mass is 35.5. The van der Waals surface area contributed by atoms with E-state index < -0.39 is 0 Å². The van der Waals surface area contributed by atoms with Crippen molar-refractivity contribution in [3.8, 4) is 5.88 Å². The van der Waals surface area contributed by atoms with Crippen LogP contribution in [0.25, 0.3) is 0 Å². The Morgan fingerprint density at radius 2 is 2.03 bits per heavy atom. The molecule has 1 atom stereocenters. The third-order valence-electron chi connectivity index (χ3n) is 5.19. The van der Waals surface area contributed by atoms with Crippen molar-refractivity contribution in [3.05, 3.63) is 53.2 Å². The van der Waals surface area contributed by atoms with Gasteiger partial charge in [0.2, 0.25) is 11.8 Å². The summed E-state index contributed by atoms with van der Waals surface area (Å²) < 4.78 is 5.91. The predicted molar refractivity (Wildman–Crippen MR) is 110 cm³/mol. The van der Waals surface area contributed by atoms with Crippen LogP contribution >= 0.6 is 11.6 Å². The molecule has 7 nitrogen and oxygen atoms in total. The number of anilines is 1. The fourth-order valence-corrected chi connectivity index (χ4v) is 3.87. The molecule has 2 aliphatic rings. The molecule has 2 fully saturated rings. The fraction of sp³-hybridized carbons (Fsp3) is 0.381. The van der Waals surface area contributed by atoms with Crippen molar-refractivity contribution >= 4 is 29.2 Å². The molecular formula is C21H23ClN4O3. The zero-order valence-corrected chi connectivity index (χ0v) is 17.0. The summed E-state index contributed by atoms with van der Waals surface area (Å²) in [4.78, 5) is 34.8. The molecule has 1 unspecified atom stereocenters. The van der Waals surface area contributed by atoms with E-state index in [0.717, 1.165) is 17.8 Å². The Balaban J connectivity index is 1.31. The van der Waals surface area contributed by atoms with Crippen LogP contribution in [0.5, 0.6) is 5.88 Å². The number of likely N-dealkylation sites (tertiary alicyclic amines) is 1. The van der Waals surface area contributed by atoms with E-state index in [1.165, 1.54) is 0 Å². The lowest BCUT2D eigenvalue weighted by molar-refractivity contribution is -0.130. The van der Waals surface area contributed by atoms with Crippen molar-refractivity contribution in [2.24, 2.45) is 0 Å². The summed E-state index contributed by atoms with van der Waals surface area (Å²) in [7, 11) is 0. The molecule has 0 bridgehead atoms. The molecule has 1 aromatic heterocycles. The van der Waals surface area contributed by atoms with Crippen LogP contribution in [0.1, 0.15) is 12.1 Å². The number of hydrogen-bond donors (Lipinski definition) is 0. The molecule has 2 saturated heterocycles. The van der Waals surface area contributed by atoms with E-state index in [0.29, 0.717) is 37.1 Å². The quantitative estimate of drug-likeness (QED) is 0.754. The van der Waals surface area contributed by atoms with Crippen molar-refractivity contribution < 1.29 is 14.3 Å². The number of rotatable bonds is 5. The lowest BCUT2D eigenvalue weighted by Gasteiger charge is -2.22. The molecule has 0 N–H and O–H groups in total. The Hall–Kier alpha value is -2.80. The first-order chi connectivity index (χ1) is 14.0. The number of nitrogens with zero attached hydrogens (tertiary/aromatic N) is 4. The molecule has 3 amide bonds. The fourth-order valence-electron chi connectivity index (χ4n) is 3.68. The SMILES string of the molecule is Cc1cccc(OC2CCN(C(=O)CN3CCN(c4cccc(Cl)c4)C3=O)C2)n1. The van der Waals surface area contributed by atoms with Gasteiger partial charge in [-0.1, -0.05) is 23.7 Å². The highest BCUT2D eigenvalue weighted by Crippen LogP contribution is 2.24. The van der Waals surface area contributed by atoms with Crippen molar-refractivity contribution in [1.29, 1.82) is 0 Å². The normalized spacial score (nSPS) is 19.2. The number of aryl methyl sites for hydroxylation is 1. The van der Waals surface area contributed by atoms with Gasteiger partial charge < -0.3 is 14.5 Å². The molecular weight excluding hydrogens is 392 g/mol. The topological polar surface area (TPSA) is 66.0 Å². The Morgan fingerprint density at radius 3 is 2.83 bits per heavy atom. The van der Waals surface area contributed by atoms with Crippen molar-refractivity contribution in [1.82, 2.24) is 14.8 Å². The maximum atomic E-state index is 12.7. The van der Waals surface area contributed by atoms with Crippen LogP contribution in [0.2, 0.25) is 5.02 Å². The average molecular weight is 415 g/mol. The van der Waals surface area contributed by atoms with Crippen LogP contribution in [0.3, 0.4) is 0 Å². The Morgan fingerprint density at radius 1 is 1.21 bits per heavy atom. The predicted octanol–water partition coefficient (Wildman–Crippen LogP) is 2.97. The molecule has 29 heavy (non-hydrogen) atoms. The van der Waals surface area contributed by atoms with Gasteiger partial charge >= 0.3 is 6.03 Å². The first-order valence-electron chi connectivity index (χ1n) is 9.70. The van der Waals surface area contributed by atoms with Crippen LogP contribution in [0.4, 0.5) is 10.5 Å². The number of hydrogen-bond acceptors (Lipinski definition) is 4. The minimum atomic E-state index is -0.170. The number of pyridine rings is 1. The molecule has 152 valence electrons. The van der Waals surface area contributed by atoms with Gasteiger partial charge in [0, 0.05) is 48.5 Å². The molecule has 4 rings (SSSR count). The minimum absolute atomic E-state index is 0.0606.